The van der Waals surface area contributed by atoms with Crippen LogP contribution >= 0.6 is 0 Å². The summed E-state index contributed by atoms with van der Waals surface area (Å²) in [6.07, 6.45) is 4.40. The molecule has 1 aromatic rings. The van der Waals surface area contributed by atoms with E-state index in [9.17, 15) is 4.79 Å². The Morgan fingerprint density at radius 3 is 2.57 bits per heavy atom. The molecule has 1 aromatic carbocycles. The Kier molecular flexibility index (Phi) is 3.46. The monoisotopic (exact) mass is 284 g/mol. The van der Waals surface area contributed by atoms with Crippen LogP contribution < -0.4 is 0 Å². The summed E-state index contributed by atoms with van der Waals surface area (Å²) in [5.74, 6) is 1.79. The van der Waals surface area contributed by atoms with E-state index >= 15 is 0 Å². The zero-order valence-electron chi connectivity index (χ0n) is 12.6. The summed E-state index contributed by atoms with van der Waals surface area (Å²) < 4.78 is 0. The molecule has 0 N–H and O–H groups in total. The van der Waals surface area contributed by atoms with Crippen molar-refractivity contribution in [1.82, 2.24) is 9.80 Å². The lowest BCUT2D eigenvalue weighted by atomic mass is 9.77. The van der Waals surface area contributed by atoms with E-state index in [4.69, 9.17) is 0 Å². The molecule has 3 saturated heterocycles. The number of benzene rings is 1. The molecule has 0 unspecified atom stereocenters. The summed E-state index contributed by atoms with van der Waals surface area (Å²) in [5, 5.41) is 0. The molecule has 21 heavy (non-hydrogen) atoms. The van der Waals surface area contributed by atoms with Gasteiger partial charge in [0.25, 0.3) is 0 Å². The number of nitrogens with zero attached hydrogens (tertiary/aromatic N) is 2. The Morgan fingerprint density at radius 1 is 1.10 bits per heavy atom. The van der Waals surface area contributed by atoms with Gasteiger partial charge < -0.3 is 9.80 Å². The SMILES string of the molecule is O=C(C[C@@H]1CN2CCC1CC2)N1CCc2ccccc2C1. The maximum atomic E-state index is 12.7. The highest BCUT2D eigenvalue weighted by Gasteiger charge is 2.36. The molecule has 112 valence electrons. The molecular formula is C18H24N2O. The minimum atomic E-state index is 0.378. The molecule has 0 saturated carbocycles. The van der Waals surface area contributed by atoms with Crippen LogP contribution in [0.15, 0.2) is 24.3 Å². The van der Waals surface area contributed by atoms with Crippen molar-refractivity contribution in [2.24, 2.45) is 11.8 Å². The predicted octanol–water partition coefficient (Wildman–Crippen LogP) is 2.30. The number of fused-ring (bicyclic) bond motifs is 4. The lowest BCUT2D eigenvalue weighted by Gasteiger charge is -2.45. The third-order valence-electron chi connectivity index (χ3n) is 5.71. The largest absolute Gasteiger partial charge is 0.338 e. The van der Waals surface area contributed by atoms with Crippen LogP contribution in [0, 0.1) is 11.8 Å². The standard InChI is InChI=1S/C18H24N2O/c21-18(11-17-12-19-8-5-15(17)6-9-19)20-10-7-14-3-1-2-4-16(14)13-20/h1-4,15,17H,5-13H2/t17-/m1/s1. The maximum Gasteiger partial charge on any atom is 0.223 e. The second kappa shape index (κ2) is 5.45. The van der Waals surface area contributed by atoms with Crippen LogP contribution in [0.5, 0.6) is 0 Å². The van der Waals surface area contributed by atoms with E-state index < -0.39 is 0 Å². The lowest BCUT2D eigenvalue weighted by Crippen LogP contribution is -2.49. The first-order valence-corrected chi connectivity index (χ1v) is 8.36. The van der Waals surface area contributed by atoms with Crippen LogP contribution in [0.3, 0.4) is 0 Å². The molecule has 1 amide bonds. The first kappa shape index (κ1) is 13.3. The van der Waals surface area contributed by atoms with Crippen molar-refractivity contribution in [3.63, 3.8) is 0 Å². The van der Waals surface area contributed by atoms with Gasteiger partial charge in [0.1, 0.15) is 0 Å². The average Bonchev–Trinajstić information content (AvgIpc) is 2.55. The second-order valence-electron chi connectivity index (χ2n) is 6.94. The van der Waals surface area contributed by atoms with E-state index in [2.05, 4.69) is 34.1 Å². The number of hydrogen-bond donors (Lipinski definition) is 0. The minimum absolute atomic E-state index is 0.378. The summed E-state index contributed by atoms with van der Waals surface area (Å²) in [6.45, 7) is 5.38. The van der Waals surface area contributed by atoms with Gasteiger partial charge >= 0.3 is 0 Å². The number of piperidine rings is 3. The fourth-order valence-electron chi connectivity index (χ4n) is 4.38. The van der Waals surface area contributed by atoms with Crippen molar-refractivity contribution in [2.75, 3.05) is 26.2 Å². The molecule has 4 aliphatic heterocycles. The number of carbonyl (C=O) groups excluding carboxylic acids is 1. The summed E-state index contributed by atoms with van der Waals surface area (Å²) in [4.78, 5) is 17.3. The van der Waals surface area contributed by atoms with E-state index in [-0.39, 0.29) is 0 Å². The van der Waals surface area contributed by atoms with E-state index in [0.29, 0.717) is 11.8 Å². The van der Waals surface area contributed by atoms with E-state index in [1.807, 2.05) is 0 Å². The Labute approximate surface area is 126 Å². The van der Waals surface area contributed by atoms with Crippen LogP contribution in [0.25, 0.3) is 0 Å². The van der Waals surface area contributed by atoms with Crippen molar-refractivity contribution in [2.45, 2.75) is 32.2 Å². The number of rotatable bonds is 2. The van der Waals surface area contributed by atoms with Gasteiger partial charge in [-0.25, -0.2) is 0 Å². The summed E-state index contributed by atoms with van der Waals surface area (Å²) in [7, 11) is 0. The molecule has 0 aromatic heterocycles. The van der Waals surface area contributed by atoms with Crippen molar-refractivity contribution < 1.29 is 4.79 Å². The van der Waals surface area contributed by atoms with Crippen molar-refractivity contribution >= 4 is 5.91 Å². The van der Waals surface area contributed by atoms with Gasteiger partial charge in [-0.1, -0.05) is 24.3 Å². The number of carbonyl (C=O) groups is 1. The third kappa shape index (κ3) is 2.59. The highest BCUT2D eigenvalue weighted by molar-refractivity contribution is 5.77. The summed E-state index contributed by atoms with van der Waals surface area (Å²) >= 11 is 0. The van der Waals surface area contributed by atoms with E-state index in [1.54, 1.807) is 0 Å². The molecule has 0 spiro atoms. The second-order valence-corrected chi connectivity index (χ2v) is 6.94. The number of amides is 1. The normalized spacial score (nSPS) is 31.0. The van der Waals surface area contributed by atoms with Gasteiger partial charge in [-0.05, 0) is 55.3 Å². The van der Waals surface area contributed by atoms with Gasteiger partial charge in [0.15, 0.2) is 0 Å². The molecule has 2 bridgehead atoms. The van der Waals surface area contributed by atoms with Crippen LogP contribution in [0.2, 0.25) is 0 Å². The molecule has 3 fully saturated rings. The van der Waals surface area contributed by atoms with E-state index in [0.717, 1.165) is 38.4 Å². The fraction of sp³-hybridized carbons (Fsp3) is 0.611. The lowest BCUT2D eigenvalue weighted by molar-refractivity contribution is -0.134. The highest BCUT2D eigenvalue weighted by atomic mass is 16.2. The molecule has 5 rings (SSSR count). The van der Waals surface area contributed by atoms with Crippen LogP contribution in [-0.2, 0) is 17.8 Å². The zero-order valence-corrected chi connectivity index (χ0v) is 12.6. The van der Waals surface area contributed by atoms with Crippen LogP contribution in [0.1, 0.15) is 30.4 Å². The van der Waals surface area contributed by atoms with Gasteiger partial charge in [-0.3, -0.25) is 4.79 Å². The van der Waals surface area contributed by atoms with Crippen molar-refractivity contribution in [1.29, 1.82) is 0 Å². The third-order valence-corrected chi connectivity index (χ3v) is 5.71. The van der Waals surface area contributed by atoms with E-state index in [1.165, 1.54) is 37.1 Å². The first-order chi connectivity index (χ1) is 10.3. The highest BCUT2D eigenvalue weighted by Crippen LogP contribution is 2.34. The van der Waals surface area contributed by atoms with Gasteiger partial charge in [0.2, 0.25) is 5.91 Å². The van der Waals surface area contributed by atoms with Crippen LogP contribution in [-0.4, -0.2) is 41.9 Å². The topological polar surface area (TPSA) is 23.6 Å². The van der Waals surface area contributed by atoms with Gasteiger partial charge in [-0.2, -0.15) is 0 Å². The van der Waals surface area contributed by atoms with Gasteiger partial charge in [0, 0.05) is 26.1 Å². The zero-order chi connectivity index (χ0) is 14.2. The first-order valence-electron chi connectivity index (χ1n) is 8.36. The minimum Gasteiger partial charge on any atom is -0.338 e. The Balaban J connectivity index is 1.40. The summed E-state index contributed by atoms with van der Waals surface area (Å²) in [5.41, 5.74) is 2.76. The van der Waals surface area contributed by atoms with Gasteiger partial charge in [-0.15, -0.1) is 0 Å². The van der Waals surface area contributed by atoms with Crippen molar-refractivity contribution in [3.05, 3.63) is 35.4 Å². The maximum absolute atomic E-state index is 12.7. The molecule has 0 radical (unpaired) electrons. The molecule has 4 heterocycles. The molecule has 1 atom stereocenters. The molecular weight excluding hydrogens is 260 g/mol. The van der Waals surface area contributed by atoms with Crippen molar-refractivity contribution in [3.8, 4) is 0 Å². The predicted molar refractivity (Wildman–Crippen MR) is 82.8 cm³/mol. The summed E-state index contributed by atoms with van der Waals surface area (Å²) in [6, 6.07) is 8.55. The smallest absolute Gasteiger partial charge is 0.223 e. The van der Waals surface area contributed by atoms with Gasteiger partial charge in [0.05, 0.1) is 0 Å². The molecule has 3 heteroatoms. The molecule has 4 aliphatic rings. The Morgan fingerprint density at radius 2 is 1.86 bits per heavy atom. The number of hydrogen-bond acceptors (Lipinski definition) is 2. The Hall–Kier alpha value is -1.35. The van der Waals surface area contributed by atoms with Crippen LogP contribution in [0.4, 0.5) is 0 Å². The Bertz CT molecular complexity index is 534. The molecule has 0 aliphatic carbocycles. The molecule has 3 nitrogen and oxygen atoms in total. The average molecular weight is 284 g/mol. The quantitative estimate of drug-likeness (QED) is 0.832. The fourth-order valence-corrected chi connectivity index (χ4v) is 4.38.